The number of aryl methyl sites for hydroxylation is 1. The fourth-order valence-electron chi connectivity index (χ4n) is 10.0. The molecule has 1 aromatic heterocycles. The van der Waals surface area contributed by atoms with Gasteiger partial charge in [-0.1, -0.05) is 223 Å². The van der Waals surface area contributed by atoms with Gasteiger partial charge in [-0.15, -0.1) is 12.8 Å². The topological polar surface area (TPSA) is 28.7 Å². The number of furan rings is 1. The molecule has 0 unspecified atom stereocenters. The van der Waals surface area contributed by atoms with Gasteiger partial charge in [0.05, 0.1) is 5.39 Å². The fraction of sp³-hybridized carbons (Fsp3) is 0.107. The van der Waals surface area contributed by atoms with Gasteiger partial charge in [0.15, 0.2) is 5.76 Å². The van der Waals surface area contributed by atoms with Crippen LogP contribution in [0, 0.1) is 27.2 Å². The van der Waals surface area contributed by atoms with Crippen LogP contribution in [0.5, 0.6) is 0 Å². The molecule has 0 saturated heterocycles. The van der Waals surface area contributed by atoms with Gasteiger partial charge in [-0.2, -0.15) is 0 Å². The zero-order valence-corrected chi connectivity index (χ0v) is 50.4. The molecule has 2 heterocycles. The first-order valence-electron chi connectivity index (χ1n) is 26.2. The summed E-state index contributed by atoms with van der Waals surface area (Å²) in [6, 6.07) is 43.8. The second-order valence-electron chi connectivity index (χ2n) is 18.0. The number of aliphatic imine (C=N–C) groups is 1. The molecule has 7 aromatic carbocycles. The molecule has 1 aliphatic rings. The summed E-state index contributed by atoms with van der Waals surface area (Å²) < 4.78 is 10.4. The first-order valence-corrected chi connectivity index (χ1v) is 28.5. The van der Waals surface area contributed by atoms with E-state index in [1.54, 1.807) is 6.08 Å². The Hall–Kier alpha value is -8.62. The number of hydrogen-bond donors (Lipinski definition) is 0. The summed E-state index contributed by atoms with van der Waals surface area (Å²) in [5, 5.41) is 8.03. The van der Waals surface area contributed by atoms with Crippen molar-refractivity contribution in [2.45, 2.75) is 48.0 Å². The zero-order chi connectivity index (χ0) is 56.3. The molecule has 0 radical (unpaired) electrons. The third-order valence-corrected chi connectivity index (χ3v) is 13.5. The van der Waals surface area contributed by atoms with E-state index in [1.807, 2.05) is 101 Å². The molecule has 0 fully saturated rings. The van der Waals surface area contributed by atoms with Crippen molar-refractivity contribution in [2.24, 2.45) is 4.99 Å². The van der Waals surface area contributed by atoms with E-state index in [9.17, 15) is 0 Å². The van der Waals surface area contributed by atoms with E-state index < -0.39 is 0 Å². The second kappa shape index (κ2) is 29.8. The van der Waals surface area contributed by atoms with Gasteiger partial charge in [0.2, 0.25) is 0 Å². The maximum absolute atomic E-state index is 7.01. The average Bonchev–Trinajstić information content (AvgIpc) is 4.15. The third kappa shape index (κ3) is 13.2. The van der Waals surface area contributed by atoms with Crippen molar-refractivity contribution < 1.29 is 25.0 Å². The Morgan fingerprint density at radius 3 is 1.92 bits per heavy atom. The van der Waals surface area contributed by atoms with E-state index in [4.69, 9.17) is 9.41 Å². The van der Waals surface area contributed by atoms with Gasteiger partial charge in [0.25, 0.3) is 0 Å². The zero-order valence-electron chi connectivity index (χ0n) is 47.2. The summed E-state index contributed by atoms with van der Waals surface area (Å²) in [7, 11) is 0. The summed E-state index contributed by atoms with van der Waals surface area (Å²) in [5.74, 6) is 0.602. The Labute approximate surface area is 483 Å². The van der Waals surface area contributed by atoms with Crippen LogP contribution in [0.15, 0.2) is 265 Å². The van der Waals surface area contributed by atoms with Crippen LogP contribution >= 0.6 is 0 Å². The van der Waals surface area contributed by atoms with Gasteiger partial charge in [-0.05, 0) is 147 Å². The maximum atomic E-state index is 7.01. The molecular formula is C75H73N2OTa-. The summed E-state index contributed by atoms with van der Waals surface area (Å²) >= 11 is 1.19. The summed E-state index contributed by atoms with van der Waals surface area (Å²) in [4.78, 5) is 8.02. The van der Waals surface area contributed by atoms with Gasteiger partial charge >= 0.3 is 25.3 Å². The van der Waals surface area contributed by atoms with Crippen LogP contribution in [0.25, 0.3) is 65.6 Å². The predicted octanol–water partition coefficient (Wildman–Crippen LogP) is 21.0. The monoisotopic (exact) mass is 1200 g/mol. The van der Waals surface area contributed by atoms with Gasteiger partial charge < -0.3 is 16.7 Å². The molecule has 0 spiro atoms. The molecule has 8 aromatic rings. The van der Waals surface area contributed by atoms with Crippen LogP contribution in [0.1, 0.15) is 62.6 Å². The molecule has 0 N–H and O–H groups in total. The average molecular weight is 1200 g/mol. The largest absolute Gasteiger partial charge is 0.358 e. The van der Waals surface area contributed by atoms with Crippen LogP contribution in [0.2, 0.25) is 0 Å². The fourth-order valence-corrected chi connectivity index (χ4v) is 10.0. The number of fused-ring (bicyclic) bond motifs is 8. The van der Waals surface area contributed by atoms with E-state index in [1.165, 1.54) is 53.1 Å². The minimum atomic E-state index is 0. The standard InChI is InChI=1S/C69H60N2O.C2H6.C2H2.CH3.CH2.Ta/c1-10-15-17-29-46(6)60-43-54-40-39-53(50(14-5)26-11-2)32-25-41-71(64(54)42-47(60)7)65-45-62-58-36-23-21-34-56(58)55-33-20-22-35-57(55)61(62)44-63(65)59-37-24-38-66-67(59)68(70-49(9)52-30-18-16-19-31-52)69(72-66)48(8)51(27-12-3)28-13-4;2*1-2;;;/h10-39,42-45H,2-3,5-6,8,40-41H2,1,4,7,9H3;1-2H3;1-2H;1H3;1H2;/q;;;-1;;/b15-10-,28-13-,29-17-,32-25-,50-26+,51-27+,53-39+,70-49?;;;;;. The van der Waals surface area contributed by atoms with Crippen LogP contribution in [0.4, 0.5) is 17.1 Å². The van der Waals surface area contributed by atoms with Gasteiger partial charge in [-0.25, -0.2) is 4.99 Å². The van der Waals surface area contributed by atoms with Crippen molar-refractivity contribution in [3.05, 3.63) is 291 Å². The van der Waals surface area contributed by atoms with Crippen molar-refractivity contribution >= 4 is 81.9 Å². The summed E-state index contributed by atoms with van der Waals surface area (Å²) in [5.41, 5.74) is 15.6. The Balaban J connectivity index is 0.00000159. The maximum Gasteiger partial charge on any atom is -0.358 e. The Morgan fingerprint density at radius 2 is 1.32 bits per heavy atom. The van der Waals surface area contributed by atoms with Crippen LogP contribution in [-0.2, 0) is 27.0 Å². The predicted molar refractivity (Wildman–Crippen MR) is 350 cm³/mol. The summed E-state index contributed by atoms with van der Waals surface area (Å²) in [6.07, 6.45) is 37.2. The minimum absolute atomic E-state index is 0. The number of anilines is 2. The molecule has 395 valence electrons. The second-order valence-corrected chi connectivity index (χ2v) is 18.0. The Kier molecular flexibility index (Phi) is 23.1. The summed E-state index contributed by atoms with van der Waals surface area (Å²) in [6.45, 7) is 34.3. The minimum Gasteiger partial charge on any atom is -0.358 e. The Bertz CT molecular complexity index is 3830. The Morgan fingerprint density at radius 1 is 0.696 bits per heavy atom. The number of allylic oxidation sites excluding steroid dienone is 18. The molecule has 0 atom stereocenters. The van der Waals surface area contributed by atoms with Gasteiger partial charge in [0, 0.05) is 34.8 Å². The quantitative estimate of drug-likeness (QED) is 0.0357. The van der Waals surface area contributed by atoms with Gasteiger partial charge in [0.1, 0.15) is 11.3 Å². The molecule has 1 aliphatic heterocycles. The van der Waals surface area contributed by atoms with Crippen LogP contribution in [-0.4, -0.2) is 17.0 Å². The van der Waals surface area contributed by atoms with Crippen molar-refractivity contribution in [3.63, 3.8) is 0 Å². The van der Waals surface area contributed by atoms with Crippen molar-refractivity contribution in [2.75, 3.05) is 11.4 Å². The van der Waals surface area contributed by atoms with Crippen LogP contribution in [0.3, 0.4) is 0 Å². The molecule has 0 bridgehead atoms. The molecule has 9 rings (SSSR count). The normalized spacial score (nSPS) is 13.8. The van der Waals surface area contributed by atoms with Gasteiger partial charge in [-0.3, -0.25) is 0 Å². The van der Waals surface area contributed by atoms with E-state index in [2.05, 4.69) is 197 Å². The number of hydrogen-bond acceptors (Lipinski definition) is 3. The molecule has 79 heavy (non-hydrogen) atoms. The number of nitrogens with zero attached hydrogens (tertiary/aromatic N) is 2. The smallest absolute Gasteiger partial charge is 0.358 e. The number of rotatable bonds is 14. The van der Waals surface area contributed by atoms with Crippen molar-refractivity contribution in [3.8, 4) is 24.0 Å². The molecule has 0 saturated carbocycles. The van der Waals surface area contributed by atoms with Crippen molar-refractivity contribution in [1.29, 1.82) is 0 Å². The van der Waals surface area contributed by atoms with Crippen molar-refractivity contribution in [1.82, 2.24) is 0 Å². The van der Waals surface area contributed by atoms with Crippen LogP contribution < -0.4 is 4.90 Å². The van der Waals surface area contributed by atoms with E-state index >= 15 is 0 Å². The SMILES string of the molecule is C#C.C=C/C=C(\C=C/C)C(=C)c1oc2cccc(-c3cc4c5ccccc5c5ccccc5c4cc3N3C\C=C/C(C(/C=C)=C/C=C)=C\Cc4cc(C(=C)/C=C\C=C/C)c(C)cc43)c2c1N=C(C)c1ccccc1.CC.[CH2]=[Ta].[CH3-]. The van der Waals surface area contributed by atoms with E-state index in [0.29, 0.717) is 29.9 Å². The molecule has 0 aliphatic carbocycles. The third-order valence-electron chi connectivity index (χ3n) is 13.5. The van der Waals surface area contributed by atoms with E-state index in [-0.39, 0.29) is 7.43 Å². The molecular weight excluding hydrogens is 1130 g/mol. The number of benzene rings is 7. The first-order chi connectivity index (χ1) is 38.2. The first kappa shape index (κ1) is 61.2. The molecule has 0 amide bonds. The number of terminal acetylenes is 1. The van der Waals surface area contributed by atoms with E-state index in [0.717, 1.165) is 83.7 Å². The molecule has 3 nitrogen and oxygen atoms in total. The molecule has 4 heteroatoms.